The van der Waals surface area contributed by atoms with Crippen LogP contribution in [0.3, 0.4) is 0 Å². The van der Waals surface area contributed by atoms with Gasteiger partial charge in [-0.1, -0.05) is 43.8 Å². The molecule has 3 heteroatoms. The summed E-state index contributed by atoms with van der Waals surface area (Å²) in [7, 11) is 0. The van der Waals surface area contributed by atoms with E-state index in [1.165, 1.54) is 0 Å². The summed E-state index contributed by atoms with van der Waals surface area (Å²) in [5.74, 6) is -0.213. The van der Waals surface area contributed by atoms with Crippen LogP contribution in [0.1, 0.15) is 24.5 Å². The highest BCUT2D eigenvalue weighted by molar-refractivity contribution is 7.80. The van der Waals surface area contributed by atoms with E-state index in [1.807, 2.05) is 31.2 Å². The van der Waals surface area contributed by atoms with E-state index >= 15 is 0 Å². The largest absolute Gasteiger partial charge is 0.461 e. The quantitative estimate of drug-likeness (QED) is 0.628. The molecule has 0 bridgehead atoms. The fourth-order valence-electron chi connectivity index (χ4n) is 1.21. The maximum absolute atomic E-state index is 11.3. The first kappa shape index (κ1) is 12.8. The third-order valence-corrected chi connectivity index (χ3v) is 2.26. The first-order valence-electron chi connectivity index (χ1n) is 5.17. The number of carbonyl (C=O) groups is 1. The van der Waals surface area contributed by atoms with E-state index in [4.69, 9.17) is 4.74 Å². The molecular weight excluding hydrogens is 220 g/mol. The van der Waals surface area contributed by atoms with Crippen LogP contribution >= 0.6 is 12.6 Å². The fourth-order valence-corrected chi connectivity index (χ4v) is 1.36. The molecule has 0 fully saturated rings. The van der Waals surface area contributed by atoms with Crippen molar-refractivity contribution in [2.75, 3.05) is 0 Å². The van der Waals surface area contributed by atoms with Gasteiger partial charge in [-0.15, -0.1) is 0 Å². The average Bonchev–Trinajstić information content (AvgIpc) is 2.26. The molecule has 0 aliphatic carbocycles. The van der Waals surface area contributed by atoms with Crippen molar-refractivity contribution >= 4 is 24.7 Å². The molecule has 0 aromatic heterocycles. The summed E-state index contributed by atoms with van der Waals surface area (Å²) in [6, 6.07) is 7.73. The van der Waals surface area contributed by atoms with Gasteiger partial charge in [0.05, 0.1) is 6.42 Å². The van der Waals surface area contributed by atoms with E-state index in [-0.39, 0.29) is 11.2 Å². The Morgan fingerprint density at radius 3 is 2.62 bits per heavy atom. The molecule has 0 heterocycles. The molecule has 1 aromatic rings. The maximum Gasteiger partial charge on any atom is 0.307 e. The predicted octanol–water partition coefficient (Wildman–Crippen LogP) is 3.08. The van der Waals surface area contributed by atoms with Gasteiger partial charge in [0.15, 0.2) is 0 Å². The number of carbonyl (C=O) groups excluding carboxylic acids is 1. The molecule has 0 spiro atoms. The van der Waals surface area contributed by atoms with Crippen LogP contribution in [0.25, 0.3) is 6.08 Å². The van der Waals surface area contributed by atoms with E-state index in [2.05, 4.69) is 19.2 Å². The summed E-state index contributed by atoms with van der Waals surface area (Å²) in [6.07, 6.45) is 2.12. The second-order valence-corrected chi connectivity index (χ2v) is 4.54. The number of thiol groups is 1. The number of esters is 1. The van der Waals surface area contributed by atoms with Crippen molar-refractivity contribution in [3.63, 3.8) is 0 Å². The lowest BCUT2D eigenvalue weighted by atomic mass is 10.1. The summed E-state index contributed by atoms with van der Waals surface area (Å²) in [6.45, 7) is 5.85. The first-order chi connectivity index (χ1) is 7.61. The van der Waals surface area contributed by atoms with E-state index in [0.717, 1.165) is 11.1 Å². The van der Waals surface area contributed by atoms with Crippen molar-refractivity contribution in [1.29, 1.82) is 0 Å². The third-order valence-electron chi connectivity index (χ3n) is 2.08. The van der Waals surface area contributed by atoms with Gasteiger partial charge in [0.2, 0.25) is 0 Å². The molecule has 1 atom stereocenters. The zero-order chi connectivity index (χ0) is 12.0. The molecule has 0 aliphatic heterocycles. The molecule has 1 rings (SSSR count). The van der Waals surface area contributed by atoms with Gasteiger partial charge in [-0.05, 0) is 11.1 Å². The number of hydrogen-bond acceptors (Lipinski definition) is 3. The summed E-state index contributed by atoms with van der Waals surface area (Å²) in [5.41, 5.74) is 2.03. The minimum absolute atomic E-state index is 0.0376. The Balaban J connectivity index is 2.42. The van der Waals surface area contributed by atoms with E-state index < -0.39 is 0 Å². The van der Waals surface area contributed by atoms with E-state index in [9.17, 15) is 4.79 Å². The van der Waals surface area contributed by atoms with Crippen molar-refractivity contribution in [1.82, 2.24) is 0 Å². The summed E-state index contributed by atoms with van der Waals surface area (Å²) < 4.78 is 5.10. The highest BCUT2D eigenvalue weighted by Gasteiger charge is 2.06. The van der Waals surface area contributed by atoms with Crippen molar-refractivity contribution in [2.45, 2.75) is 25.2 Å². The van der Waals surface area contributed by atoms with Crippen LogP contribution in [0.2, 0.25) is 0 Å². The lowest BCUT2D eigenvalue weighted by Crippen LogP contribution is -2.09. The Bertz CT molecular complexity index is 355. The van der Waals surface area contributed by atoms with Gasteiger partial charge in [0, 0.05) is 5.25 Å². The van der Waals surface area contributed by atoms with Gasteiger partial charge in [-0.3, -0.25) is 4.79 Å². The molecule has 0 saturated carbocycles. The van der Waals surface area contributed by atoms with Crippen LogP contribution in [0, 0.1) is 0 Å². The van der Waals surface area contributed by atoms with Crippen molar-refractivity contribution in [3.05, 3.63) is 42.0 Å². The second kappa shape index (κ2) is 6.38. The summed E-state index contributed by atoms with van der Waals surface area (Å²) in [5, 5.41) is 0.0376. The third kappa shape index (κ3) is 4.53. The lowest BCUT2D eigenvalue weighted by molar-refractivity contribution is -0.144. The van der Waals surface area contributed by atoms with Crippen molar-refractivity contribution in [3.8, 4) is 0 Å². The van der Waals surface area contributed by atoms with Gasteiger partial charge >= 0.3 is 5.97 Å². The molecule has 16 heavy (non-hydrogen) atoms. The highest BCUT2D eigenvalue weighted by Crippen LogP contribution is 2.08. The topological polar surface area (TPSA) is 26.3 Å². The summed E-state index contributed by atoms with van der Waals surface area (Å²) in [4.78, 5) is 11.3. The Kier molecular flexibility index (Phi) is 5.12. The molecular formula is C13H16O2S. The molecule has 0 saturated heterocycles. The zero-order valence-electron chi connectivity index (χ0n) is 9.35. The Morgan fingerprint density at radius 2 is 2.12 bits per heavy atom. The molecule has 1 unspecified atom stereocenters. The SMILES string of the molecule is C=Cc1ccc(COC(=O)CC(C)S)cc1. The van der Waals surface area contributed by atoms with E-state index in [1.54, 1.807) is 6.08 Å². The van der Waals surface area contributed by atoms with Gasteiger partial charge in [0.1, 0.15) is 6.61 Å². The smallest absolute Gasteiger partial charge is 0.307 e. The summed E-state index contributed by atoms with van der Waals surface area (Å²) >= 11 is 4.13. The van der Waals surface area contributed by atoms with Crippen LogP contribution in [0.4, 0.5) is 0 Å². The van der Waals surface area contributed by atoms with Gasteiger partial charge in [0.25, 0.3) is 0 Å². The Morgan fingerprint density at radius 1 is 1.50 bits per heavy atom. The number of rotatable bonds is 5. The van der Waals surface area contributed by atoms with Crippen LogP contribution in [0.15, 0.2) is 30.8 Å². The lowest BCUT2D eigenvalue weighted by Gasteiger charge is -2.06. The highest BCUT2D eigenvalue weighted by atomic mass is 32.1. The monoisotopic (exact) mass is 236 g/mol. The second-order valence-electron chi connectivity index (χ2n) is 3.66. The normalized spacial score (nSPS) is 11.9. The molecule has 86 valence electrons. The first-order valence-corrected chi connectivity index (χ1v) is 5.68. The van der Waals surface area contributed by atoms with Crippen molar-refractivity contribution < 1.29 is 9.53 Å². The fraction of sp³-hybridized carbons (Fsp3) is 0.308. The Hall–Kier alpha value is -1.22. The van der Waals surface area contributed by atoms with E-state index in [0.29, 0.717) is 13.0 Å². The zero-order valence-corrected chi connectivity index (χ0v) is 10.2. The molecule has 0 aliphatic rings. The minimum atomic E-state index is -0.213. The standard InChI is InChI=1S/C13H16O2S/c1-3-11-4-6-12(7-5-11)9-15-13(14)8-10(2)16/h3-7,10,16H,1,8-9H2,2H3. The predicted molar refractivity (Wildman–Crippen MR) is 69.4 cm³/mol. The number of ether oxygens (including phenoxy) is 1. The molecule has 0 N–H and O–H groups in total. The van der Waals surface area contributed by atoms with Crippen LogP contribution in [0.5, 0.6) is 0 Å². The molecule has 2 nitrogen and oxygen atoms in total. The maximum atomic E-state index is 11.3. The van der Waals surface area contributed by atoms with Gasteiger partial charge < -0.3 is 4.74 Å². The van der Waals surface area contributed by atoms with Crippen molar-refractivity contribution in [2.24, 2.45) is 0 Å². The Labute approximate surface area is 102 Å². The van der Waals surface area contributed by atoms with Crippen LogP contribution in [-0.4, -0.2) is 11.2 Å². The van der Waals surface area contributed by atoms with Gasteiger partial charge in [-0.25, -0.2) is 0 Å². The number of hydrogen-bond donors (Lipinski definition) is 1. The van der Waals surface area contributed by atoms with Gasteiger partial charge in [-0.2, -0.15) is 12.6 Å². The molecule has 1 aromatic carbocycles. The van der Waals surface area contributed by atoms with Crippen LogP contribution < -0.4 is 0 Å². The molecule has 0 radical (unpaired) electrons. The average molecular weight is 236 g/mol. The van der Waals surface area contributed by atoms with Crippen LogP contribution in [-0.2, 0) is 16.1 Å². The minimum Gasteiger partial charge on any atom is -0.461 e. The molecule has 0 amide bonds. The number of benzene rings is 1.